The quantitative estimate of drug-likeness (QED) is 0.102. The second kappa shape index (κ2) is 18.5. The van der Waals surface area contributed by atoms with Crippen LogP contribution in [0.3, 0.4) is 0 Å². The average molecular weight is 672 g/mol. The topological polar surface area (TPSA) is 240 Å². The molecule has 0 saturated carbocycles. The Kier molecular flexibility index (Phi) is 14.6. The molecule has 1 aliphatic rings. The number of primary amides is 1. The van der Waals surface area contributed by atoms with Gasteiger partial charge in [-0.1, -0.05) is 18.7 Å². The number of nitrogens with zero attached hydrogens (tertiary/aromatic N) is 1. The Bertz CT molecular complexity index is 1410. The molecule has 10 N–H and O–H groups in total. The van der Waals surface area contributed by atoms with Gasteiger partial charge in [0.1, 0.15) is 6.04 Å². The zero-order valence-electron chi connectivity index (χ0n) is 26.6. The predicted octanol–water partition coefficient (Wildman–Crippen LogP) is -0.333. The highest BCUT2D eigenvalue weighted by molar-refractivity contribution is 7.20. The summed E-state index contributed by atoms with van der Waals surface area (Å²) in [5.74, 6) is -2.44. The Balaban J connectivity index is 1.82. The molecule has 1 fully saturated rings. The number of aromatic nitrogens is 1. The first-order valence-corrected chi connectivity index (χ1v) is 16.5. The maximum atomic E-state index is 13.8. The number of rotatable bonds is 13. The molecule has 2 heterocycles. The van der Waals surface area contributed by atoms with Gasteiger partial charge >= 0.3 is 0 Å². The molecule has 1 aromatic carbocycles. The molecule has 256 valence electrons. The number of thiazole rings is 1. The largest absolute Gasteiger partial charge is 0.386 e. The summed E-state index contributed by atoms with van der Waals surface area (Å²) in [6.45, 7) is 5.73. The molecule has 0 bridgehead atoms. The van der Waals surface area contributed by atoms with Crippen molar-refractivity contribution in [3.05, 3.63) is 41.7 Å². The van der Waals surface area contributed by atoms with Crippen LogP contribution in [0.15, 0.2) is 36.7 Å². The Hall–Kier alpha value is -4.57. The molecule has 16 heteroatoms. The zero-order valence-corrected chi connectivity index (χ0v) is 27.4. The molecule has 3 rings (SSSR count). The van der Waals surface area contributed by atoms with E-state index in [4.69, 9.17) is 11.5 Å². The molecular formula is C31H45N9O6S. The number of carbonyl (C=O) groups excluding carboxylic acids is 6. The molecule has 0 radical (unpaired) electrons. The monoisotopic (exact) mass is 671 g/mol. The third kappa shape index (κ3) is 12.6. The molecule has 1 aliphatic heterocycles. The van der Waals surface area contributed by atoms with Crippen LogP contribution in [-0.4, -0.2) is 84.1 Å². The third-order valence-electron chi connectivity index (χ3n) is 7.48. The highest BCUT2D eigenvalue weighted by Gasteiger charge is 2.31. The van der Waals surface area contributed by atoms with E-state index in [0.717, 1.165) is 4.70 Å². The Morgan fingerprint density at radius 3 is 2.62 bits per heavy atom. The first kappa shape index (κ1) is 36.9. The minimum Gasteiger partial charge on any atom is -0.386 e. The lowest BCUT2D eigenvalue weighted by molar-refractivity contribution is -0.130. The highest BCUT2D eigenvalue weighted by Crippen LogP contribution is 2.23. The summed E-state index contributed by atoms with van der Waals surface area (Å²) in [7, 11) is 0. The van der Waals surface area contributed by atoms with Crippen molar-refractivity contribution in [1.29, 1.82) is 0 Å². The van der Waals surface area contributed by atoms with Gasteiger partial charge < -0.3 is 43.4 Å². The van der Waals surface area contributed by atoms with Crippen LogP contribution in [0.25, 0.3) is 10.2 Å². The van der Waals surface area contributed by atoms with Crippen molar-refractivity contribution < 1.29 is 28.8 Å². The maximum absolute atomic E-state index is 13.8. The summed E-state index contributed by atoms with van der Waals surface area (Å²) in [6, 6.07) is 3.79. The molecule has 4 atom stereocenters. The predicted molar refractivity (Wildman–Crippen MR) is 178 cm³/mol. The van der Waals surface area contributed by atoms with Crippen molar-refractivity contribution in [2.24, 2.45) is 11.5 Å². The fraction of sp³-hybridized carbons (Fsp3) is 0.516. The van der Waals surface area contributed by atoms with Gasteiger partial charge in [-0.2, -0.15) is 0 Å². The van der Waals surface area contributed by atoms with E-state index in [1.807, 2.05) is 18.2 Å². The molecule has 0 aliphatic carbocycles. The zero-order chi connectivity index (χ0) is 34.3. The second-order valence-electron chi connectivity index (χ2n) is 11.5. The number of amides is 5. The van der Waals surface area contributed by atoms with Gasteiger partial charge in [0, 0.05) is 39.4 Å². The summed E-state index contributed by atoms with van der Waals surface area (Å²) in [4.78, 5) is 81.4. The summed E-state index contributed by atoms with van der Waals surface area (Å²) in [5, 5.41) is 17.3. The van der Waals surface area contributed by atoms with Crippen molar-refractivity contribution in [2.45, 2.75) is 82.5 Å². The summed E-state index contributed by atoms with van der Waals surface area (Å²) >= 11 is 1.23. The number of benzene rings is 1. The van der Waals surface area contributed by atoms with E-state index in [1.54, 1.807) is 6.07 Å². The van der Waals surface area contributed by atoms with Crippen LogP contribution in [0.5, 0.6) is 0 Å². The van der Waals surface area contributed by atoms with Gasteiger partial charge in [-0.05, 0) is 50.7 Å². The minimum atomic E-state index is -1.03. The van der Waals surface area contributed by atoms with Gasteiger partial charge in [-0.3, -0.25) is 28.8 Å². The number of Topliss-reactive ketones (excluding diaryl/α,β-unsaturated/α-hetero) is 1. The Morgan fingerprint density at radius 1 is 1.15 bits per heavy atom. The summed E-state index contributed by atoms with van der Waals surface area (Å²) in [5.41, 5.74) is 11.6. The van der Waals surface area contributed by atoms with Crippen molar-refractivity contribution >= 4 is 56.9 Å². The number of para-hydroxylation sites is 1. The summed E-state index contributed by atoms with van der Waals surface area (Å²) < 4.78 is 0.836. The fourth-order valence-corrected chi connectivity index (χ4v) is 6.08. The van der Waals surface area contributed by atoms with Gasteiger partial charge in [0.05, 0.1) is 34.2 Å². The lowest BCUT2D eigenvalue weighted by atomic mass is 10.0. The lowest BCUT2D eigenvalue weighted by Crippen LogP contribution is -2.56. The van der Waals surface area contributed by atoms with Crippen LogP contribution in [0.2, 0.25) is 0 Å². The van der Waals surface area contributed by atoms with Gasteiger partial charge in [0.2, 0.25) is 35.3 Å². The number of ketones is 1. The molecular weight excluding hydrogens is 626 g/mol. The maximum Gasteiger partial charge on any atom is 0.243 e. The van der Waals surface area contributed by atoms with E-state index in [0.29, 0.717) is 37.9 Å². The molecule has 1 saturated heterocycles. The van der Waals surface area contributed by atoms with Crippen molar-refractivity contribution in [3.8, 4) is 0 Å². The second-order valence-corrected chi connectivity index (χ2v) is 12.5. The van der Waals surface area contributed by atoms with E-state index >= 15 is 0 Å². The number of hydrogen-bond acceptors (Lipinski definition) is 11. The molecule has 15 nitrogen and oxygen atoms in total. The van der Waals surface area contributed by atoms with E-state index in [-0.39, 0.29) is 67.1 Å². The van der Waals surface area contributed by atoms with Gasteiger partial charge in [0.15, 0.2) is 5.01 Å². The molecule has 2 aromatic rings. The standard InChI is InChI=1S/C31H45N9O6S/c1-18(32)34-15-7-10-22(28(44)31-40-21-8-3-4-11-25(21)47-31)38-30(46)24-9-5-6-14-35-27(43)16-20(37-19(2)41)17-36-23(29(45)39-24)12-13-26(33)42/h3-4,8,11,20,22-24,34,36H,1,5-7,9-10,12-17,32H2,2H3,(H2,33,42)(H,35,43)(H,37,41)(H,38,46)(H,39,45)/t20-,22-,23-,24-/m0/s1. The van der Waals surface area contributed by atoms with Crippen LogP contribution < -0.4 is 43.4 Å². The first-order valence-electron chi connectivity index (χ1n) is 15.7. The van der Waals surface area contributed by atoms with Crippen LogP contribution in [0.4, 0.5) is 0 Å². The lowest BCUT2D eigenvalue weighted by Gasteiger charge is -2.27. The SMILES string of the molecule is C=C(N)NCCC[C@H](NC(=O)[C@@H]1CCCCNC(=O)C[C@H](NC(C)=O)CN[C@@H](CCC(N)=O)C(=O)N1)C(=O)c1nc2ccccc2s1. The third-order valence-corrected chi connectivity index (χ3v) is 8.53. The number of carbonyl (C=O) groups is 6. The number of hydrogen-bond donors (Lipinski definition) is 8. The molecule has 47 heavy (non-hydrogen) atoms. The number of nitrogens with two attached hydrogens (primary N) is 2. The number of nitrogens with one attached hydrogen (secondary N) is 6. The smallest absolute Gasteiger partial charge is 0.243 e. The van der Waals surface area contributed by atoms with Crippen LogP contribution in [0.1, 0.15) is 68.1 Å². The first-order chi connectivity index (χ1) is 22.4. The Labute approximate surface area is 277 Å². The molecule has 5 amide bonds. The van der Waals surface area contributed by atoms with Crippen molar-refractivity contribution in [3.63, 3.8) is 0 Å². The minimum absolute atomic E-state index is 0.0131. The van der Waals surface area contributed by atoms with Crippen molar-refractivity contribution in [2.75, 3.05) is 19.6 Å². The molecule has 0 spiro atoms. The van der Waals surface area contributed by atoms with E-state index in [1.165, 1.54) is 18.3 Å². The van der Waals surface area contributed by atoms with Crippen molar-refractivity contribution in [1.82, 2.24) is 36.9 Å². The normalized spacial score (nSPS) is 20.1. The van der Waals surface area contributed by atoms with Crippen LogP contribution in [-0.2, 0) is 24.0 Å². The van der Waals surface area contributed by atoms with Gasteiger partial charge in [0.25, 0.3) is 0 Å². The van der Waals surface area contributed by atoms with Gasteiger partial charge in [-0.25, -0.2) is 4.98 Å². The van der Waals surface area contributed by atoms with Gasteiger partial charge in [-0.15, -0.1) is 11.3 Å². The van der Waals surface area contributed by atoms with Crippen LogP contribution >= 0.6 is 11.3 Å². The van der Waals surface area contributed by atoms with E-state index in [2.05, 4.69) is 43.5 Å². The fourth-order valence-electron chi connectivity index (χ4n) is 5.12. The van der Waals surface area contributed by atoms with Crippen LogP contribution in [0, 0.1) is 0 Å². The molecule has 1 aromatic heterocycles. The average Bonchev–Trinajstić information content (AvgIpc) is 3.44. The van der Waals surface area contributed by atoms with E-state index in [9.17, 15) is 28.8 Å². The Morgan fingerprint density at radius 2 is 1.91 bits per heavy atom. The highest BCUT2D eigenvalue weighted by atomic mass is 32.1. The summed E-state index contributed by atoms with van der Waals surface area (Å²) in [6.07, 6.45) is 1.84. The molecule has 0 unspecified atom stereocenters. The number of fused-ring (bicyclic) bond motifs is 1. The van der Waals surface area contributed by atoms with E-state index < -0.39 is 41.9 Å².